The highest BCUT2D eigenvalue weighted by Crippen LogP contribution is 2.13. The second-order valence-corrected chi connectivity index (χ2v) is 4.30. The Morgan fingerprint density at radius 1 is 1.21 bits per heavy atom. The molecule has 1 nitrogen and oxygen atoms in total. The van der Waals surface area contributed by atoms with E-state index in [1.807, 2.05) is 24.3 Å². The normalized spacial score (nSPS) is 10.1. The molecule has 0 aromatic heterocycles. The third-order valence-corrected chi connectivity index (χ3v) is 2.70. The van der Waals surface area contributed by atoms with E-state index in [1.54, 1.807) is 0 Å². The molecule has 0 spiro atoms. The molecule has 0 unspecified atom stereocenters. The van der Waals surface area contributed by atoms with Gasteiger partial charge in [0, 0.05) is 16.5 Å². The number of hydrogen-bond acceptors (Lipinski definition) is 1. The molecule has 0 atom stereocenters. The third kappa shape index (κ3) is 3.62. The van der Waals surface area contributed by atoms with Gasteiger partial charge >= 0.3 is 0 Å². The molecule has 0 bridgehead atoms. The highest BCUT2D eigenvalue weighted by atomic mass is 79.9. The topological polar surface area (TPSA) is 17.1 Å². The molecule has 2 heteroatoms. The van der Waals surface area contributed by atoms with Crippen molar-refractivity contribution in [3.05, 3.63) is 34.3 Å². The summed E-state index contributed by atoms with van der Waals surface area (Å²) < 4.78 is 1.02. The van der Waals surface area contributed by atoms with Crippen molar-refractivity contribution in [3.8, 4) is 0 Å². The van der Waals surface area contributed by atoms with Gasteiger partial charge in [-0.05, 0) is 18.6 Å². The third-order valence-electron chi connectivity index (χ3n) is 2.17. The summed E-state index contributed by atoms with van der Waals surface area (Å²) in [6.45, 7) is 2.14. The molecule has 1 aromatic rings. The van der Waals surface area contributed by atoms with Crippen molar-refractivity contribution < 1.29 is 4.79 Å². The zero-order chi connectivity index (χ0) is 10.4. The number of halogens is 1. The van der Waals surface area contributed by atoms with E-state index in [0.29, 0.717) is 6.42 Å². The first-order valence-corrected chi connectivity index (χ1v) is 5.82. The average Bonchev–Trinajstić information content (AvgIpc) is 2.19. The van der Waals surface area contributed by atoms with Gasteiger partial charge in [-0.1, -0.05) is 47.8 Å². The average molecular weight is 255 g/mol. The Hall–Kier alpha value is -0.630. The molecule has 0 amide bonds. The van der Waals surface area contributed by atoms with Crippen LogP contribution in [-0.2, 0) is 0 Å². The quantitative estimate of drug-likeness (QED) is 0.569. The van der Waals surface area contributed by atoms with Crippen LogP contribution in [-0.4, -0.2) is 5.78 Å². The van der Waals surface area contributed by atoms with Crippen molar-refractivity contribution in [1.82, 2.24) is 0 Å². The van der Waals surface area contributed by atoms with Crippen LogP contribution in [0, 0.1) is 0 Å². The number of Topliss-reactive ketones (excluding diaryl/α,β-unsaturated/α-hetero) is 1. The highest BCUT2D eigenvalue weighted by molar-refractivity contribution is 9.10. The molecule has 0 radical (unpaired) electrons. The van der Waals surface area contributed by atoms with Gasteiger partial charge in [0.25, 0.3) is 0 Å². The van der Waals surface area contributed by atoms with E-state index >= 15 is 0 Å². The minimum Gasteiger partial charge on any atom is -0.294 e. The smallest absolute Gasteiger partial charge is 0.162 e. The van der Waals surface area contributed by atoms with E-state index in [1.165, 1.54) is 0 Å². The number of hydrogen-bond donors (Lipinski definition) is 0. The standard InChI is InChI=1S/C12H15BrO/c1-2-3-4-5-12(14)10-6-8-11(13)9-7-10/h6-9H,2-5H2,1H3. The van der Waals surface area contributed by atoms with Gasteiger partial charge < -0.3 is 0 Å². The van der Waals surface area contributed by atoms with Crippen molar-refractivity contribution in [3.63, 3.8) is 0 Å². The molecule has 0 aliphatic carbocycles. The molecule has 0 saturated heterocycles. The minimum atomic E-state index is 0.256. The number of rotatable bonds is 5. The summed E-state index contributed by atoms with van der Waals surface area (Å²) in [5.74, 6) is 0.256. The van der Waals surface area contributed by atoms with Crippen molar-refractivity contribution >= 4 is 21.7 Å². The fourth-order valence-corrected chi connectivity index (χ4v) is 1.58. The summed E-state index contributed by atoms with van der Waals surface area (Å²) in [4.78, 5) is 11.6. The first-order valence-electron chi connectivity index (χ1n) is 5.03. The highest BCUT2D eigenvalue weighted by Gasteiger charge is 2.04. The first-order chi connectivity index (χ1) is 6.74. The zero-order valence-electron chi connectivity index (χ0n) is 8.42. The van der Waals surface area contributed by atoms with Crippen LogP contribution in [0.3, 0.4) is 0 Å². The number of benzene rings is 1. The van der Waals surface area contributed by atoms with E-state index in [4.69, 9.17) is 0 Å². The van der Waals surface area contributed by atoms with Crippen LogP contribution >= 0.6 is 15.9 Å². The second kappa shape index (κ2) is 5.97. The Morgan fingerprint density at radius 2 is 1.86 bits per heavy atom. The molecule has 14 heavy (non-hydrogen) atoms. The maximum absolute atomic E-state index is 11.6. The van der Waals surface area contributed by atoms with Crippen LogP contribution in [0.4, 0.5) is 0 Å². The van der Waals surface area contributed by atoms with Gasteiger partial charge in [0.2, 0.25) is 0 Å². The lowest BCUT2D eigenvalue weighted by Crippen LogP contribution is -1.98. The van der Waals surface area contributed by atoms with Crippen LogP contribution in [0.15, 0.2) is 28.7 Å². The Morgan fingerprint density at radius 3 is 2.43 bits per heavy atom. The van der Waals surface area contributed by atoms with Gasteiger partial charge in [0.1, 0.15) is 0 Å². The Labute approximate surface area is 93.7 Å². The minimum absolute atomic E-state index is 0.256. The first kappa shape index (κ1) is 11.4. The largest absolute Gasteiger partial charge is 0.294 e. The lowest BCUT2D eigenvalue weighted by molar-refractivity contribution is 0.0979. The van der Waals surface area contributed by atoms with Crippen molar-refractivity contribution in [2.75, 3.05) is 0 Å². The predicted octanol–water partition coefficient (Wildman–Crippen LogP) is 4.21. The summed E-state index contributed by atoms with van der Waals surface area (Å²) in [5, 5.41) is 0. The number of carbonyl (C=O) groups excluding carboxylic acids is 1. The molecule has 0 aliphatic rings. The van der Waals surface area contributed by atoms with E-state index in [0.717, 1.165) is 29.3 Å². The van der Waals surface area contributed by atoms with Crippen LogP contribution in [0.25, 0.3) is 0 Å². The van der Waals surface area contributed by atoms with Crippen molar-refractivity contribution in [2.45, 2.75) is 32.6 Å². The lowest BCUT2D eigenvalue weighted by atomic mass is 10.1. The van der Waals surface area contributed by atoms with E-state index < -0.39 is 0 Å². The van der Waals surface area contributed by atoms with E-state index in [-0.39, 0.29) is 5.78 Å². The van der Waals surface area contributed by atoms with Crippen LogP contribution < -0.4 is 0 Å². The summed E-state index contributed by atoms with van der Waals surface area (Å²) in [6, 6.07) is 7.57. The van der Waals surface area contributed by atoms with Gasteiger partial charge in [-0.2, -0.15) is 0 Å². The number of ketones is 1. The maximum atomic E-state index is 11.6. The van der Waals surface area contributed by atoms with Crippen molar-refractivity contribution in [2.24, 2.45) is 0 Å². The summed E-state index contributed by atoms with van der Waals surface area (Å²) in [5.41, 5.74) is 0.823. The molecule has 1 aromatic carbocycles. The number of carbonyl (C=O) groups is 1. The zero-order valence-corrected chi connectivity index (χ0v) is 10.0. The molecule has 0 N–H and O–H groups in total. The number of unbranched alkanes of at least 4 members (excludes halogenated alkanes) is 2. The molecular weight excluding hydrogens is 240 g/mol. The molecule has 0 fully saturated rings. The summed E-state index contributed by atoms with van der Waals surface area (Å²) in [7, 11) is 0. The van der Waals surface area contributed by atoms with Crippen molar-refractivity contribution in [1.29, 1.82) is 0 Å². The molecule has 0 saturated carbocycles. The van der Waals surface area contributed by atoms with Gasteiger partial charge in [-0.3, -0.25) is 4.79 Å². The Kier molecular flexibility index (Phi) is 4.88. The Balaban J connectivity index is 2.48. The molecular formula is C12H15BrO. The van der Waals surface area contributed by atoms with Crippen LogP contribution in [0.1, 0.15) is 43.0 Å². The van der Waals surface area contributed by atoms with Gasteiger partial charge in [0.05, 0.1) is 0 Å². The molecule has 76 valence electrons. The summed E-state index contributed by atoms with van der Waals surface area (Å²) in [6.07, 6.45) is 3.98. The Bertz CT molecular complexity index is 290. The SMILES string of the molecule is CCCCCC(=O)c1ccc(Br)cc1. The summed E-state index contributed by atoms with van der Waals surface area (Å²) >= 11 is 3.35. The van der Waals surface area contributed by atoms with Gasteiger partial charge in [0.15, 0.2) is 5.78 Å². The predicted molar refractivity (Wildman–Crippen MR) is 62.6 cm³/mol. The molecule has 1 rings (SSSR count). The van der Waals surface area contributed by atoms with Gasteiger partial charge in [-0.25, -0.2) is 0 Å². The molecule has 0 aliphatic heterocycles. The maximum Gasteiger partial charge on any atom is 0.162 e. The van der Waals surface area contributed by atoms with Crippen LogP contribution in [0.2, 0.25) is 0 Å². The fourth-order valence-electron chi connectivity index (χ4n) is 1.32. The van der Waals surface area contributed by atoms with E-state index in [2.05, 4.69) is 22.9 Å². The lowest BCUT2D eigenvalue weighted by Gasteiger charge is -2.00. The fraction of sp³-hybridized carbons (Fsp3) is 0.417. The van der Waals surface area contributed by atoms with E-state index in [9.17, 15) is 4.79 Å². The van der Waals surface area contributed by atoms with Crippen LogP contribution in [0.5, 0.6) is 0 Å². The monoisotopic (exact) mass is 254 g/mol. The second-order valence-electron chi connectivity index (χ2n) is 3.39. The van der Waals surface area contributed by atoms with Gasteiger partial charge in [-0.15, -0.1) is 0 Å². The molecule has 0 heterocycles.